The topological polar surface area (TPSA) is 25.8 Å². The molecule has 0 aliphatic rings. The van der Waals surface area contributed by atoms with Crippen LogP contribution in [-0.2, 0) is 12.3 Å². The molecule has 1 rings (SSSR count). The van der Waals surface area contributed by atoms with Gasteiger partial charge < -0.3 is 0 Å². The summed E-state index contributed by atoms with van der Waals surface area (Å²) in [5.41, 5.74) is 0.781. The third-order valence-electron chi connectivity index (χ3n) is 1.25. The molecular weight excluding hydrogens is 183 g/mol. The van der Waals surface area contributed by atoms with Crippen LogP contribution in [0.25, 0.3) is 0 Å². The Morgan fingerprint density at radius 2 is 2.18 bits per heavy atom. The maximum absolute atomic E-state index is 5.70. The van der Waals surface area contributed by atoms with Crippen molar-refractivity contribution in [1.82, 2.24) is 9.97 Å². The molecule has 0 saturated carbocycles. The second-order valence-corrected chi connectivity index (χ2v) is 2.74. The fraction of sp³-hybridized carbons (Fsp3) is 0.429. The Bertz CT molecular complexity index is 228. The van der Waals surface area contributed by atoms with E-state index in [4.69, 9.17) is 23.2 Å². The first kappa shape index (κ1) is 8.75. The van der Waals surface area contributed by atoms with Crippen LogP contribution in [0.5, 0.6) is 0 Å². The van der Waals surface area contributed by atoms with Gasteiger partial charge in [-0.25, -0.2) is 9.97 Å². The van der Waals surface area contributed by atoms with E-state index in [1.807, 2.05) is 6.92 Å². The van der Waals surface area contributed by atoms with Crippen LogP contribution in [0.2, 0.25) is 5.15 Å². The van der Waals surface area contributed by atoms with E-state index in [-0.39, 0.29) is 0 Å². The first-order valence-electron chi connectivity index (χ1n) is 3.34. The number of rotatable bonds is 2. The van der Waals surface area contributed by atoms with E-state index in [1.54, 1.807) is 6.07 Å². The molecule has 0 atom stereocenters. The molecule has 1 aromatic heterocycles. The molecule has 4 heteroatoms. The monoisotopic (exact) mass is 190 g/mol. The van der Waals surface area contributed by atoms with E-state index in [0.717, 1.165) is 17.9 Å². The third-order valence-corrected chi connectivity index (χ3v) is 1.71. The van der Waals surface area contributed by atoms with Crippen LogP contribution in [0.3, 0.4) is 0 Å². The number of aromatic nitrogens is 2. The zero-order valence-electron chi connectivity index (χ0n) is 6.14. The van der Waals surface area contributed by atoms with Gasteiger partial charge in [-0.3, -0.25) is 0 Å². The number of nitrogens with zero attached hydrogens (tertiary/aromatic N) is 2. The fourth-order valence-corrected chi connectivity index (χ4v) is 1.10. The third kappa shape index (κ3) is 2.31. The predicted molar refractivity (Wildman–Crippen MR) is 46.0 cm³/mol. The summed E-state index contributed by atoms with van der Waals surface area (Å²) in [6.45, 7) is 1.98. The van der Waals surface area contributed by atoms with E-state index in [1.165, 1.54) is 0 Å². The summed E-state index contributed by atoms with van der Waals surface area (Å²) in [6.07, 6.45) is 0.782. The standard InChI is InChI=1S/C7H8Cl2N2/c1-2-7-10-5(4-8)3-6(9)11-7/h3H,2,4H2,1H3. The van der Waals surface area contributed by atoms with Crippen molar-refractivity contribution >= 4 is 23.2 Å². The lowest BCUT2D eigenvalue weighted by molar-refractivity contribution is 0.913. The maximum atomic E-state index is 5.70. The molecule has 0 aromatic carbocycles. The van der Waals surface area contributed by atoms with Gasteiger partial charge in [-0.2, -0.15) is 0 Å². The van der Waals surface area contributed by atoms with Crippen molar-refractivity contribution in [1.29, 1.82) is 0 Å². The van der Waals surface area contributed by atoms with E-state index in [2.05, 4.69) is 9.97 Å². The van der Waals surface area contributed by atoms with Crippen molar-refractivity contribution in [3.63, 3.8) is 0 Å². The molecule has 0 radical (unpaired) electrons. The van der Waals surface area contributed by atoms with Gasteiger partial charge in [-0.05, 0) is 6.07 Å². The molecule has 0 saturated heterocycles. The Morgan fingerprint density at radius 3 is 2.73 bits per heavy atom. The quantitative estimate of drug-likeness (QED) is 0.529. The molecule has 0 fully saturated rings. The highest BCUT2D eigenvalue weighted by atomic mass is 35.5. The first-order chi connectivity index (χ1) is 5.26. The second kappa shape index (κ2) is 3.88. The number of hydrogen-bond acceptors (Lipinski definition) is 2. The van der Waals surface area contributed by atoms with Gasteiger partial charge >= 0.3 is 0 Å². The molecule has 0 spiro atoms. The summed E-state index contributed by atoms with van der Waals surface area (Å²) in [7, 11) is 0. The Hall–Kier alpha value is -0.340. The van der Waals surface area contributed by atoms with Gasteiger partial charge in [0.2, 0.25) is 0 Å². The SMILES string of the molecule is CCc1nc(Cl)cc(CCl)n1. The minimum atomic E-state index is 0.384. The van der Waals surface area contributed by atoms with Crippen LogP contribution in [0.15, 0.2) is 6.07 Å². The highest BCUT2D eigenvalue weighted by Crippen LogP contribution is 2.09. The number of halogens is 2. The molecule has 0 bridgehead atoms. The predicted octanol–water partition coefficient (Wildman–Crippen LogP) is 2.43. The van der Waals surface area contributed by atoms with E-state index in [0.29, 0.717) is 11.0 Å². The van der Waals surface area contributed by atoms with Gasteiger partial charge in [0.05, 0.1) is 11.6 Å². The van der Waals surface area contributed by atoms with Gasteiger partial charge in [0.25, 0.3) is 0 Å². The second-order valence-electron chi connectivity index (χ2n) is 2.09. The molecule has 11 heavy (non-hydrogen) atoms. The molecule has 1 aromatic rings. The Labute approximate surface area is 75.6 Å². The summed E-state index contributed by atoms with van der Waals surface area (Å²) in [4.78, 5) is 8.14. The largest absolute Gasteiger partial charge is 0.237 e. The van der Waals surface area contributed by atoms with Crippen LogP contribution in [0.4, 0.5) is 0 Å². The lowest BCUT2D eigenvalue weighted by Crippen LogP contribution is -1.96. The van der Waals surface area contributed by atoms with Gasteiger partial charge in [-0.15, -0.1) is 11.6 Å². The summed E-state index contributed by atoms with van der Waals surface area (Å²) in [5, 5.41) is 0.465. The first-order valence-corrected chi connectivity index (χ1v) is 4.25. The van der Waals surface area contributed by atoms with Crippen LogP contribution >= 0.6 is 23.2 Å². The van der Waals surface area contributed by atoms with Gasteiger partial charge in [0.15, 0.2) is 0 Å². The molecule has 60 valence electrons. The highest BCUT2D eigenvalue weighted by molar-refractivity contribution is 6.29. The molecule has 2 nitrogen and oxygen atoms in total. The van der Waals surface area contributed by atoms with Crippen molar-refractivity contribution in [3.05, 3.63) is 22.7 Å². The van der Waals surface area contributed by atoms with Crippen molar-refractivity contribution in [2.24, 2.45) is 0 Å². The van der Waals surface area contributed by atoms with Crippen LogP contribution in [-0.4, -0.2) is 9.97 Å². The van der Waals surface area contributed by atoms with Gasteiger partial charge in [0, 0.05) is 6.42 Å². The van der Waals surface area contributed by atoms with Crippen LogP contribution in [0, 0.1) is 0 Å². The van der Waals surface area contributed by atoms with Crippen LogP contribution in [0.1, 0.15) is 18.4 Å². The average molecular weight is 191 g/mol. The average Bonchev–Trinajstić information content (AvgIpc) is 2.03. The number of aryl methyl sites for hydroxylation is 1. The summed E-state index contributed by atoms with van der Waals surface area (Å²) in [6, 6.07) is 1.67. The molecule has 1 heterocycles. The molecule has 0 aliphatic carbocycles. The fourth-order valence-electron chi connectivity index (χ4n) is 0.743. The molecule has 0 amide bonds. The Balaban J connectivity index is 3.02. The smallest absolute Gasteiger partial charge is 0.133 e. The van der Waals surface area contributed by atoms with Gasteiger partial charge in [-0.1, -0.05) is 18.5 Å². The minimum absolute atomic E-state index is 0.384. The summed E-state index contributed by atoms with van der Waals surface area (Å²) in [5.74, 6) is 1.13. The molecular formula is C7H8Cl2N2. The van der Waals surface area contributed by atoms with Crippen molar-refractivity contribution < 1.29 is 0 Å². The number of hydrogen-bond donors (Lipinski definition) is 0. The Morgan fingerprint density at radius 1 is 1.45 bits per heavy atom. The Kier molecular flexibility index (Phi) is 3.09. The van der Waals surface area contributed by atoms with Crippen LogP contribution < -0.4 is 0 Å². The highest BCUT2D eigenvalue weighted by Gasteiger charge is 1.99. The number of alkyl halides is 1. The van der Waals surface area contributed by atoms with Gasteiger partial charge in [0.1, 0.15) is 11.0 Å². The summed E-state index contributed by atoms with van der Waals surface area (Å²) >= 11 is 11.3. The van der Waals surface area contributed by atoms with E-state index in [9.17, 15) is 0 Å². The molecule has 0 unspecified atom stereocenters. The van der Waals surface area contributed by atoms with Crippen molar-refractivity contribution in [3.8, 4) is 0 Å². The zero-order chi connectivity index (χ0) is 8.27. The normalized spacial score (nSPS) is 10.1. The minimum Gasteiger partial charge on any atom is -0.237 e. The molecule has 0 N–H and O–H groups in total. The van der Waals surface area contributed by atoms with Crippen molar-refractivity contribution in [2.75, 3.05) is 0 Å². The zero-order valence-corrected chi connectivity index (χ0v) is 7.65. The maximum Gasteiger partial charge on any atom is 0.133 e. The lowest BCUT2D eigenvalue weighted by Gasteiger charge is -1.98. The molecule has 0 aliphatic heterocycles. The lowest BCUT2D eigenvalue weighted by atomic mass is 10.4. The van der Waals surface area contributed by atoms with Crippen molar-refractivity contribution in [2.45, 2.75) is 19.2 Å². The van der Waals surface area contributed by atoms with E-state index < -0.39 is 0 Å². The van der Waals surface area contributed by atoms with E-state index >= 15 is 0 Å². The summed E-state index contributed by atoms with van der Waals surface area (Å²) < 4.78 is 0.